The van der Waals surface area contributed by atoms with Crippen molar-refractivity contribution in [2.24, 2.45) is 16.3 Å². The summed E-state index contributed by atoms with van der Waals surface area (Å²) in [5.41, 5.74) is 0.409. The molecule has 2 aliphatic heterocycles. The van der Waals surface area contributed by atoms with Crippen LogP contribution < -0.4 is 5.32 Å². The SMILES string of the molecule is CC(C)N1CCC(CNC2=NCC(CC(C)(C)C)S2)C1. The van der Waals surface area contributed by atoms with Crippen LogP contribution in [-0.2, 0) is 0 Å². The first-order chi connectivity index (χ1) is 9.33. The van der Waals surface area contributed by atoms with Crippen molar-refractivity contribution in [1.29, 1.82) is 0 Å². The van der Waals surface area contributed by atoms with Crippen molar-refractivity contribution in [2.45, 2.75) is 58.8 Å². The standard InChI is InChI=1S/C16H31N3S/c1-12(2)19-7-6-13(11-19)9-17-15-18-10-14(20-15)8-16(3,4)5/h12-14H,6-11H2,1-5H3,(H,17,18). The normalized spacial score (nSPS) is 28.2. The average molecular weight is 298 g/mol. The van der Waals surface area contributed by atoms with Crippen molar-refractivity contribution in [3.8, 4) is 0 Å². The van der Waals surface area contributed by atoms with E-state index in [-0.39, 0.29) is 0 Å². The van der Waals surface area contributed by atoms with E-state index in [9.17, 15) is 0 Å². The molecule has 2 aliphatic rings. The molecular formula is C16H31N3S. The third-order valence-corrected chi connectivity index (χ3v) is 5.29. The van der Waals surface area contributed by atoms with Gasteiger partial charge in [0.25, 0.3) is 0 Å². The molecule has 0 saturated carbocycles. The zero-order chi connectivity index (χ0) is 14.8. The smallest absolute Gasteiger partial charge is 0.156 e. The minimum atomic E-state index is 0.409. The molecule has 2 heterocycles. The lowest BCUT2D eigenvalue weighted by Crippen LogP contribution is -2.31. The summed E-state index contributed by atoms with van der Waals surface area (Å²) in [6.07, 6.45) is 2.57. The van der Waals surface area contributed by atoms with Crippen molar-refractivity contribution in [1.82, 2.24) is 10.2 Å². The van der Waals surface area contributed by atoms with Gasteiger partial charge in [0.05, 0.1) is 6.54 Å². The molecule has 1 saturated heterocycles. The Morgan fingerprint density at radius 1 is 1.40 bits per heavy atom. The van der Waals surface area contributed by atoms with Gasteiger partial charge in [-0.05, 0) is 44.6 Å². The second-order valence-corrected chi connectivity index (χ2v) is 9.06. The van der Waals surface area contributed by atoms with Crippen LogP contribution in [0.5, 0.6) is 0 Å². The molecule has 1 N–H and O–H groups in total. The molecule has 0 aromatic heterocycles. The van der Waals surface area contributed by atoms with E-state index >= 15 is 0 Å². The monoisotopic (exact) mass is 297 g/mol. The van der Waals surface area contributed by atoms with Crippen LogP contribution in [0.2, 0.25) is 0 Å². The fourth-order valence-corrected chi connectivity index (χ4v) is 4.40. The van der Waals surface area contributed by atoms with Gasteiger partial charge in [0.15, 0.2) is 5.17 Å². The minimum absolute atomic E-state index is 0.409. The molecule has 3 nitrogen and oxygen atoms in total. The number of nitrogens with zero attached hydrogens (tertiary/aromatic N) is 2. The van der Waals surface area contributed by atoms with Gasteiger partial charge in [-0.1, -0.05) is 32.5 Å². The zero-order valence-corrected chi connectivity index (χ0v) is 14.6. The first-order valence-corrected chi connectivity index (χ1v) is 8.90. The number of aliphatic imine (C=N–C) groups is 1. The highest BCUT2D eigenvalue weighted by atomic mass is 32.2. The van der Waals surface area contributed by atoms with Crippen LogP contribution in [0, 0.1) is 11.3 Å². The topological polar surface area (TPSA) is 27.6 Å². The maximum Gasteiger partial charge on any atom is 0.156 e. The summed E-state index contributed by atoms with van der Waals surface area (Å²) >= 11 is 1.95. The fourth-order valence-electron chi connectivity index (χ4n) is 3.03. The van der Waals surface area contributed by atoms with Gasteiger partial charge in [0.1, 0.15) is 0 Å². The Morgan fingerprint density at radius 2 is 2.15 bits per heavy atom. The molecule has 4 heteroatoms. The molecule has 0 bridgehead atoms. The summed E-state index contributed by atoms with van der Waals surface area (Å²) < 4.78 is 0. The van der Waals surface area contributed by atoms with Gasteiger partial charge in [-0.2, -0.15) is 0 Å². The average Bonchev–Trinajstić information content (AvgIpc) is 2.92. The van der Waals surface area contributed by atoms with Gasteiger partial charge < -0.3 is 10.2 Å². The fraction of sp³-hybridized carbons (Fsp3) is 0.938. The van der Waals surface area contributed by atoms with E-state index in [0.717, 1.165) is 19.0 Å². The molecule has 0 amide bonds. The molecule has 1 fully saturated rings. The lowest BCUT2D eigenvalue weighted by molar-refractivity contribution is 0.265. The van der Waals surface area contributed by atoms with Crippen LogP contribution in [0.4, 0.5) is 0 Å². The third-order valence-electron chi connectivity index (χ3n) is 4.15. The highest BCUT2D eigenvalue weighted by molar-refractivity contribution is 8.14. The van der Waals surface area contributed by atoms with Crippen LogP contribution in [-0.4, -0.2) is 47.5 Å². The summed E-state index contributed by atoms with van der Waals surface area (Å²) in [7, 11) is 0. The van der Waals surface area contributed by atoms with E-state index in [1.54, 1.807) is 0 Å². The number of hydrogen-bond donors (Lipinski definition) is 1. The summed E-state index contributed by atoms with van der Waals surface area (Å²) in [4.78, 5) is 7.25. The number of likely N-dealkylation sites (tertiary alicyclic amines) is 1. The molecular weight excluding hydrogens is 266 g/mol. The zero-order valence-electron chi connectivity index (χ0n) is 13.8. The Hall–Kier alpha value is -0.220. The van der Waals surface area contributed by atoms with Gasteiger partial charge >= 0.3 is 0 Å². The first kappa shape index (κ1) is 16.2. The molecule has 20 heavy (non-hydrogen) atoms. The largest absolute Gasteiger partial charge is 0.365 e. The van der Waals surface area contributed by atoms with E-state index in [4.69, 9.17) is 0 Å². The molecule has 116 valence electrons. The van der Waals surface area contributed by atoms with E-state index < -0.39 is 0 Å². The molecule has 2 rings (SSSR count). The summed E-state index contributed by atoms with van der Waals surface area (Å²) in [6, 6.07) is 0.689. The molecule has 2 unspecified atom stereocenters. The Balaban J connectivity index is 1.66. The number of thioether (sulfide) groups is 1. The van der Waals surface area contributed by atoms with Crippen LogP contribution in [0.3, 0.4) is 0 Å². The van der Waals surface area contributed by atoms with Crippen molar-refractivity contribution in [2.75, 3.05) is 26.2 Å². The lowest BCUT2D eigenvalue weighted by Gasteiger charge is -2.22. The maximum absolute atomic E-state index is 4.67. The van der Waals surface area contributed by atoms with E-state index in [1.165, 1.54) is 31.1 Å². The van der Waals surface area contributed by atoms with E-state index in [0.29, 0.717) is 16.7 Å². The molecule has 0 aliphatic carbocycles. The van der Waals surface area contributed by atoms with Gasteiger partial charge in [-0.15, -0.1) is 0 Å². The number of hydrogen-bond acceptors (Lipinski definition) is 4. The van der Waals surface area contributed by atoms with Gasteiger partial charge in [0.2, 0.25) is 0 Å². The van der Waals surface area contributed by atoms with Gasteiger partial charge in [0, 0.05) is 24.4 Å². The highest BCUT2D eigenvalue weighted by Gasteiger charge is 2.27. The Morgan fingerprint density at radius 3 is 2.75 bits per heavy atom. The Labute approximate surface area is 129 Å². The van der Waals surface area contributed by atoms with Crippen molar-refractivity contribution in [3.05, 3.63) is 0 Å². The van der Waals surface area contributed by atoms with E-state index in [1.807, 2.05) is 11.8 Å². The van der Waals surface area contributed by atoms with E-state index in [2.05, 4.69) is 49.8 Å². The summed E-state index contributed by atoms with van der Waals surface area (Å²) in [5.74, 6) is 0.794. The molecule has 0 aromatic rings. The van der Waals surface area contributed by atoms with Crippen LogP contribution in [0.25, 0.3) is 0 Å². The van der Waals surface area contributed by atoms with Gasteiger partial charge in [-0.3, -0.25) is 4.99 Å². The first-order valence-electron chi connectivity index (χ1n) is 8.02. The Kier molecular flexibility index (Phi) is 5.41. The number of amidine groups is 1. The molecule has 0 aromatic carbocycles. The molecule has 2 atom stereocenters. The van der Waals surface area contributed by atoms with Gasteiger partial charge in [-0.25, -0.2) is 0 Å². The van der Waals surface area contributed by atoms with Crippen molar-refractivity contribution in [3.63, 3.8) is 0 Å². The third kappa shape index (κ3) is 4.96. The minimum Gasteiger partial charge on any atom is -0.365 e. The number of nitrogens with one attached hydrogen (secondary N) is 1. The second-order valence-electron chi connectivity index (χ2n) is 7.77. The maximum atomic E-state index is 4.67. The lowest BCUT2D eigenvalue weighted by atomic mass is 9.90. The number of rotatable bonds is 4. The second kappa shape index (κ2) is 6.69. The predicted molar refractivity (Wildman–Crippen MR) is 90.6 cm³/mol. The summed E-state index contributed by atoms with van der Waals surface area (Å²) in [5, 5.41) is 5.44. The van der Waals surface area contributed by atoms with Crippen LogP contribution in [0.15, 0.2) is 4.99 Å². The van der Waals surface area contributed by atoms with Crippen molar-refractivity contribution >= 4 is 16.9 Å². The highest BCUT2D eigenvalue weighted by Crippen LogP contribution is 2.31. The van der Waals surface area contributed by atoms with Crippen LogP contribution >= 0.6 is 11.8 Å². The summed E-state index contributed by atoms with van der Waals surface area (Å²) in [6.45, 7) is 16.1. The molecule has 0 radical (unpaired) electrons. The van der Waals surface area contributed by atoms with Crippen molar-refractivity contribution < 1.29 is 0 Å². The predicted octanol–water partition coefficient (Wildman–Crippen LogP) is 3.21. The Bertz CT molecular complexity index is 346. The quantitative estimate of drug-likeness (QED) is 0.863. The molecule has 0 spiro atoms. The van der Waals surface area contributed by atoms with Crippen LogP contribution in [0.1, 0.15) is 47.5 Å².